The molecule has 27 heavy (non-hydrogen) atoms. The van der Waals surface area contributed by atoms with E-state index >= 15 is 0 Å². The summed E-state index contributed by atoms with van der Waals surface area (Å²) in [6, 6.07) is 12.2. The topological polar surface area (TPSA) is 62.3 Å². The number of nitrogens with one attached hydrogen (secondary N) is 2. The number of hydrogen-bond donors (Lipinski definition) is 2. The standard InChI is InChI=1S/C20H27N5OS/c1-14(2)21-20(27)24-19-22-17(25-12-8-7-9-15(25)3)13-18(23-19)26-16-10-5-4-6-11-16/h4-6,10-11,13-15H,7-9,12H2,1-3H3,(H2,21,22,23,24,27)/t15-/m0/s1. The van der Waals surface area contributed by atoms with E-state index in [1.54, 1.807) is 0 Å². The molecule has 1 aliphatic rings. The first-order valence-electron chi connectivity index (χ1n) is 9.47. The Morgan fingerprint density at radius 1 is 1.22 bits per heavy atom. The van der Waals surface area contributed by atoms with Gasteiger partial charge >= 0.3 is 0 Å². The van der Waals surface area contributed by atoms with Crippen molar-refractivity contribution in [3.05, 3.63) is 36.4 Å². The zero-order chi connectivity index (χ0) is 19.2. The van der Waals surface area contributed by atoms with Crippen molar-refractivity contribution in [3.8, 4) is 11.6 Å². The molecule has 0 unspecified atom stereocenters. The van der Waals surface area contributed by atoms with Gasteiger partial charge in [0.1, 0.15) is 11.6 Å². The van der Waals surface area contributed by atoms with Gasteiger partial charge in [0, 0.05) is 24.7 Å². The van der Waals surface area contributed by atoms with Gasteiger partial charge in [0.2, 0.25) is 11.8 Å². The summed E-state index contributed by atoms with van der Waals surface area (Å²) in [4.78, 5) is 11.5. The molecule has 0 aliphatic carbocycles. The second-order valence-electron chi connectivity index (χ2n) is 7.09. The Labute approximate surface area is 166 Å². The van der Waals surface area contributed by atoms with E-state index in [1.807, 2.05) is 50.2 Å². The van der Waals surface area contributed by atoms with Gasteiger partial charge in [-0.3, -0.25) is 0 Å². The van der Waals surface area contributed by atoms with Crippen molar-refractivity contribution in [2.45, 2.75) is 52.1 Å². The molecule has 0 spiro atoms. The summed E-state index contributed by atoms with van der Waals surface area (Å²) in [7, 11) is 0. The summed E-state index contributed by atoms with van der Waals surface area (Å²) in [5.41, 5.74) is 0. The van der Waals surface area contributed by atoms with Crippen molar-refractivity contribution in [2.75, 3.05) is 16.8 Å². The Morgan fingerprint density at radius 3 is 2.70 bits per heavy atom. The highest BCUT2D eigenvalue weighted by molar-refractivity contribution is 7.80. The van der Waals surface area contributed by atoms with E-state index in [0.717, 1.165) is 24.5 Å². The summed E-state index contributed by atoms with van der Waals surface area (Å²) in [6.45, 7) is 7.28. The van der Waals surface area contributed by atoms with E-state index in [0.29, 0.717) is 23.0 Å². The lowest BCUT2D eigenvalue weighted by Crippen LogP contribution is -2.38. The molecule has 3 rings (SSSR count). The van der Waals surface area contributed by atoms with Gasteiger partial charge in [-0.25, -0.2) is 0 Å². The van der Waals surface area contributed by atoms with Gasteiger partial charge in [0.05, 0.1) is 0 Å². The fourth-order valence-electron chi connectivity index (χ4n) is 3.12. The minimum atomic E-state index is 0.232. The van der Waals surface area contributed by atoms with Crippen LogP contribution in [0.3, 0.4) is 0 Å². The summed E-state index contributed by atoms with van der Waals surface area (Å²) >= 11 is 5.35. The maximum atomic E-state index is 5.97. The van der Waals surface area contributed by atoms with Crippen LogP contribution < -0.4 is 20.3 Å². The second kappa shape index (κ2) is 8.99. The van der Waals surface area contributed by atoms with Crippen molar-refractivity contribution in [3.63, 3.8) is 0 Å². The van der Waals surface area contributed by atoms with E-state index in [-0.39, 0.29) is 6.04 Å². The van der Waals surface area contributed by atoms with Crippen LogP contribution in [0.5, 0.6) is 11.6 Å². The van der Waals surface area contributed by atoms with Crippen molar-refractivity contribution in [2.24, 2.45) is 0 Å². The van der Waals surface area contributed by atoms with Crippen molar-refractivity contribution >= 4 is 29.1 Å². The first-order valence-corrected chi connectivity index (χ1v) is 9.88. The summed E-state index contributed by atoms with van der Waals surface area (Å²) in [6.07, 6.45) is 3.58. The predicted octanol–water partition coefficient (Wildman–Crippen LogP) is 4.34. The number of aromatic nitrogens is 2. The third-order valence-corrected chi connectivity index (χ3v) is 4.62. The quantitative estimate of drug-likeness (QED) is 0.742. The highest BCUT2D eigenvalue weighted by Gasteiger charge is 2.21. The number of piperidine rings is 1. The van der Waals surface area contributed by atoms with E-state index in [9.17, 15) is 0 Å². The minimum absolute atomic E-state index is 0.232. The number of ether oxygens (including phenoxy) is 1. The highest BCUT2D eigenvalue weighted by Crippen LogP contribution is 2.28. The number of nitrogens with zero attached hydrogens (tertiary/aromatic N) is 3. The van der Waals surface area contributed by atoms with Crippen LogP contribution in [0.4, 0.5) is 11.8 Å². The molecule has 0 bridgehead atoms. The van der Waals surface area contributed by atoms with Gasteiger partial charge in [-0.2, -0.15) is 9.97 Å². The van der Waals surface area contributed by atoms with Gasteiger partial charge < -0.3 is 20.3 Å². The molecule has 2 heterocycles. The zero-order valence-corrected chi connectivity index (χ0v) is 16.9. The molecule has 6 nitrogen and oxygen atoms in total. The Hall–Kier alpha value is -2.41. The molecule has 1 atom stereocenters. The first-order chi connectivity index (χ1) is 13.0. The first kappa shape index (κ1) is 19.4. The molecule has 2 N–H and O–H groups in total. The smallest absolute Gasteiger partial charge is 0.234 e. The fraction of sp³-hybridized carbons (Fsp3) is 0.450. The Kier molecular flexibility index (Phi) is 6.45. The molecule has 1 saturated heterocycles. The molecular weight excluding hydrogens is 358 g/mol. The lowest BCUT2D eigenvalue weighted by Gasteiger charge is -2.34. The Morgan fingerprint density at radius 2 is 2.00 bits per heavy atom. The maximum absolute atomic E-state index is 5.97. The van der Waals surface area contributed by atoms with Crippen LogP contribution in [-0.2, 0) is 0 Å². The van der Waals surface area contributed by atoms with Gasteiger partial charge in [0.15, 0.2) is 5.11 Å². The minimum Gasteiger partial charge on any atom is -0.439 e. The third kappa shape index (κ3) is 5.53. The number of para-hydroxylation sites is 1. The Bertz CT molecular complexity index is 768. The van der Waals surface area contributed by atoms with Crippen molar-refractivity contribution in [1.29, 1.82) is 0 Å². The van der Waals surface area contributed by atoms with Crippen LogP contribution in [0, 0.1) is 0 Å². The number of anilines is 2. The molecule has 7 heteroatoms. The fourth-order valence-corrected chi connectivity index (χ4v) is 3.44. The molecular formula is C20H27N5OS. The maximum Gasteiger partial charge on any atom is 0.234 e. The average molecular weight is 386 g/mol. The van der Waals surface area contributed by atoms with Crippen LogP contribution in [0.15, 0.2) is 36.4 Å². The van der Waals surface area contributed by atoms with E-state index in [1.165, 1.54) is 12.8 Å². The van der Waals surface area contributed by atoms with E-state index in [2.05, 4.69) is 27.4 Å². The second-order valence-corrected chi connectivity index (χ2v) is 7.50. The molecule has 2 aromatic rings. The number of rotatable bonds is 5. The van der Waals surface area contributed by atoms with Crippen molar-refractivity contribution in [1.82, 2.24) is 15.3 Å². The lowest BCUT2D eigenvalue weighted by atomic mass is 10.0. The normalized spacial score (nSPS) is 16.9. The van der Waals surface area contributed by atoms with Crippen LogP contribution in [-0.4, -0.2) is 33.7 Å². The van der Waals surface area contributed by atoms with Gasteiger partial charge in [0.25, 0.3) is 0 Å². The summed E-state index contributed by atoms with van der Waals surface area (Å²) in [5, 5.41) is 6.74. The van der Waals surface area contributed by atoms with Crippen LogP contribution in [0.25, 0.3) is 0 Å². The summed E-state index contributed by atoms with van der Waals surface area (Å²) < 4.78 is 5.97. The molecule has 1 aliphatic heterocycles. The van der Waals surface area contributed by atoms with Gasteiger partial charge in [-0.1, -0.05) is 18.2 Å². The SMILES string of the molecule is CC(C)NC(=S)Nc1nc(Oc2ccccc2)cc(N2CCCC[C@@H]2C)n1. The molecule has 144 valence electrons. The molecule has 0 saturated carbocycles. The highest BCUT2D eigenvalue weighted by atomic mass is 32.1. The Balaban J connectivity index is 1.88. The average Bonchev–Trinajstić information content (AvgIpc) is 2.62. The largest absolute Gasteiger partial charge is 0.439 e. The predicted molar refractivity (Wildman–Crippen MR) is 114 cm³/mol. The molecule has 1 aromatic carbocycles. The van der Waals surface area contributed by atoms with E-state index in [4.69, 9.17) is 21.9 Å². The number of thiocarbonyl (C=S) groups is 1. The third-order valence-electron chi connectivity index (χ3n) is 4.40. The zero-order valence-electron chi connectivity index (χ0n) is 16.1. The number of benzene rings is 1. The van der Waals surface area contributed by atoms with Crippen molar-refractivity contribution < 1.29 is 4.74 Å². The van der Waals surface area contributed by atoms with Gasteiger partial charge in [-0.15, -0.1) is 0 Å². The van der Waals surface area contributed by atoms with Crippen LogP contribution in [0.1, 0.15) is 40.0 Å². The van der Waals surface area contributed by atoms with Crippen LogP contribution in [0.2, 0.25) is 0 Å². The number of hydrogen-bond acceptors (Lipinski definition) is 5. The van der Waals surface area contributed by atoms with Crippen LogP contribution >= 0.6 is 12.2 Å². The molecule has 0 amide bonds. The monoisotopic (exact) mass is 385 g/mol. The molecule has 0 radical (unpaired) electrons. The van der Waals surface area contributed by atoms with Gasteiger partial charge in [-0.05, 0) is 64.4 Å². The molecule has 1 fully saturated rings. The lowest BCUT2D eigenvalue weighted by molar-refractivity contribution is 0.457. The van der Waals surface area contributed by atoms with E-state index < -0.39 is 0 Å². The summed E-state index contributed by atoms with van der Waals surface area (Å²) in [5.74, 6) is 2.54. The molecule has 1 aromatic heterocycles.